The first kappa shape index (κ1) is 15.3. The minimum atomic E-state index is -0.219. The van der Waals surface area contributed by atoms with Crippen molar-refractivity contribution in [3.05, 3.63) is 29.6 Å². The zero-order valence-corrected chi connectivity index (χ0v) is 12.3. The van der Waals surface area contributed by atoms with Crippen LogP contribution in [0.25, 0.3) is 0 Å². The molecule has 20 heavy (non-hydrogen) atoms. The lowest BCUT2D eigenvalue weighted by molar-refractivity contribution is 0.0206. The molecule has 0 bridgehead atoms. The molecule has 0 amide bonds. The minimum Gasteiger partial charge on any atom is -0.490 e. The Balaban J connectivity index is 2.03. The second-order valence-corrected chi connectivity index (χ2v) is 5.30. The zero-order valence-electron chi connectivity index (χ0n) is 12.3. The van der Waals surface area contributed by atoms with Crippen LogP contribution in [0.4, 0.5) is 4.39 Å². The molecule has 0 spiro atoms. The summed E-state index contributed by atoms with van der Waals surface area (Å²) >= 11 is 0. The summed E-state index contributed by atoms with van der Waals surface area (Å²) in [5.41, 5.74) is 0.881. The van der Waals surface area contributed by atoms with Crippen LogP contribution in [0.5, 0.6) is 5.75 Å². The highest BCUT2D eigenvalue weighted by atomic mass is 19.1. The van der Waals surface area contributed by atoms with Crippen molar-refractivity contribution in [2.24, 2.45) is 0 Å². The van der Waals surface area contributed by atoms with Gasteiger partial charge in [-0.3, -0.25) is 0 Å². The summed E-state index contributed by atoms with van der Waals surface area (Å²) in [5.74, 6) is 0.567. The van der Waals surface area contributed by atoms with Crippen LogP contribution < -0.4 is 10.1 Å². The van der Waals surface area contributed by atoms with E-state index in [1.54, 1.807) is 19.2 Å². The third-order valence-corrected chi connectivity index (χ3v) is 3.79. The number of methoxy groups -OCH3 is 1. The van der Waals surface area contributed by atoms with Gasteiger partial charge < -0.3 is 14.8 Å². The highest BCUT2D eigenvalue weighted by Crippen LogP contribution is 2.27. The number of hydrogen-bond acceptors (Lipinski definition) is 3. The van der Waals surface area contributed by atoms with Crippen LogP contribution in [-0.2, 0) is 11.3 Å². The predicted molar refractivity (Wildman–Crippen MR) is 77.5 cm³/mol. The minimum absolute atomic E-state index is 0.166. The topological polar surface area (TPSA) is 30.5 Å². The van der Waals surface area contributed by atoms with E-state index in [9.17, 15) is 4.39 Å². The Hall–Kier alpha value is -1.13. The first-order chi connectivity index (χ1) is 9.72. The maximum absolute atomic E-state index is 13.4. The van der Waals surface area contributed by atoms with Crippen molar-refractivity contribution in [2.75, 3.05) is 13.7 Å². The van der Waals surface area contributed by atoms with Crippen molar-refractivity contribution in [1.29, 1.82) is 0 Å². The fourth-order valence-corrected chi connectivity index (χ4v) is 2.66. The van der Waals surface area contributed by atoms with E-state index in [1.165, 1.54) is 6.07 Å². The maximum atomic E-state index is 13.4. The molecular formula is C16H24FNO2. The molecule has 3 nitrogen and oxygen atoms in total. The maximum Gasteiger partial charge on any atom is 0.124 e. The zero-order chi connectivity index (χ0) is 14.4. The number of benzene rings is 1. The van der Waals surface area contributed by atoms with Gasteiger partial charge in [-0.2, -0.15) is 0 Å². The molecule has 0 saturated heterocycles. The van der Waals surface area contributed by atoms with Crippen LogP contribution >= 0.6 is 0 Å². The fourth-order valence-electron chi connectivity index (χ4n) is 2.66. The molecule has 1 N–H and O–H groups in total. The summed E-state index contributed by atoms with van der Waals surface area (Å²) in [6.45, 7) is 3.51. The second-order valence-electron chi connectivity index (χ2n) is 5.30. The summed E-state index contributed by atoms with van der Waals surface area (Å²) in [5, 5.41) is 3.22. The first-order valence-electron chi connectivity index (χ1n) is 7.41. The molecule has 1 saturated carbocycles. The Labute approximate surface area is 120 Å². The van der Waals surface area contributed by atoms with Crippen molar-refractivity contribution in [1.82, 2.24) is 5.32 Å². The quantitative estimate of drug-likeness (QED) is 0.868. The van der Waals surface area contributed by atoms with Gasteiger partial charge in [0.2, 0.25) is 0 Å². The van der Waals surface area contributed by atoms with E-state index < -0.39 is 0 Å². The number of ether oxygens (including phenoxy) is 2. The second kappa shape index (κ2) is 7.60. The fraction of sp³-hybridized carbons (Fsp3) is 0.625. The van der Waals surface area contributed by atoms with E-state index in [4.69, 9.17) is 9.47 Å². The van der Waals surface area contributed by atoms with Gasteiger partial charge in [0.25, 0.3) is 0 Å². The van der Waals surface area contributed by atoms with Crippen LogP contribution in [0.1, 0.15) is 38.2 Å². The normalized spacial score (nSPS) is 22.8. The van der Waals surface area contributed by atoms with Gasteiger partial charge in [0.1, 0.15) is 17.7 Å². The molecule has 0 radical (unpaired) electrons. The number of rotatable bonds is 6. The molecule has 2 unspecified atom stereocenters. The lowest BCUT2D eigenvalue weighted by Gasteiger charge is -2.29. The Bertz CT molecular complexity index is 425. The molecule has 112 valence electrons. The van der Waals surface area contributed by atoms with Crippen molar-refractivity contribution in [3.8, 4) is 5.75 Å². The predicted octanol–water partition coefficient (Wildman–Crippen LogP) is 3.27. The van der Waals surface area contributed by atoms with E-state index in [-0.39, 0.29) is 18.0 Å². The Morgan fingerprint density at radius 3 is 2.85 bits per heavy atom. The smallest absolute Gasteiger partial charge is 0.124 e. The Morgan fingerprint density at radius 1 is 1.30 bits per heavy atom. The van der Waals surface area contributed by atoms with E-state index in [0.29, 0.717) is 6.54 Å². The van der Waals surface area contributed by atoms with Crippen molar-refractivity contribution >= 4 is 0 Å². The summed E-state index contributed by atoms with van der Waals surface area (Å²) < 4.78 is 24.9. The van der Waals surface area contributed by atoms with Gasteiger partial charge in [0, 0.05) is 25.6 Å². The average Bonchev–Trinajstić information content (AvgIpc) is 2.47. The van der Waals surface area contributed by atoms with E-state index in [0.717, 1.165) is 43.5 Å². The molecule has 1 aliphatic carbocycles. The van der Waals surface area contributed by atoms with E-state index in [2.05, 4.69) is 5.32 Å². The third-order valence-electron chi connectivity index (χ3n) is 3.79. The Kier molecular flexibility index (Phi) is 5.80. The van der Waals surface area contributed by atoms with Crippen LogP contribution in [-0.4, -0.2) is 25.9 Å². The summed E-state index contributed by atoms with van der Waals surface area (Å²) in [6.07, 6.45) is 4.62. The molecule has 2 rings (SSSR count). The van der Waals surface area contributed by atoms with Gasteiger partial charge in [-0.15, -0.1) is 0 Å². The molecule has 0 aromatic heterocycles. The largest absolute Gasteiger partial charge is 0.490 e. The van der Waals surface area contributed by atoms with Crippen LogP contribution in [0.2, 0.25) is 0 Å². The molecule has 1 fully saturated rings. The lowest BCUT2D eigenvalue weighted by Crippen LogP contribution is -2.30. The number of halogens is 1. The van der Waals surface area contributed by atoms with Gasteiger partial charge in [0.15, 0.2) is 0 Å². The molecule has 0 aliphatic heterocycles. The van der Waals surface area contributed by atoms with E-state index in [1.807, 2.05) is 6.92 Å². The van der Waals surface area contributed by atoms with Gasteiger partial charge >= 0.3 is 0 Å². The SMILES string of the molecule is CCNCc1cc(F)ccc1OC1CCCC(OC)C1. The van der Waals surface area contributed by atoms with E-state index >= 15 is 0 Å². The molecule has 1 aromatic rings. The molecule has 0 heterocycles. The van der Waals surface area contributed by atoms with Gasteiger partial charge in [0.05, 0.1) is 6.10 Å². The standard InChI is InChI=1S/C16H24FNO2/c1-3-18-11-12-9-13(17)7-8-16(12)20-15-6-4-5-14(10-15)19-2/h7-9,14-15,18H,3-6,10-11H2,1-2H3. The highest BCUT2D eigenvalue weighted by Gasteiger charge is 2.23. The number of nitrogens with one attached hydrogen (secondary N) is 1. The monoisotopic (exact) mass is 281 g/mol. The summed E-state index contributed by atoms with van der Waals surface area (Å²) in [4.78, 5) is 0. The average molecular weight is 281 g/mol. The van der Waals surface area contributed by atoms with Crippen LogP contribution in [0.3, 0.4) is 0 Å². The van der Waals surface area contributed by atoms with Crippen LogP contribution in [0, 0.1) is 5.82 Å². The molecule has 4 heteroatoms. The first-order valence-corrected chi connectivity index (χ1v) is 7.41. The lowest BCUT2D eigenvalue weighted by atomic mass is 9.95. The molecule has 1 aromatic carbocycles. The van der Waals surface area contributed by atoms with Crippen molar-refractivity contribution < 1.29 is 13.9 Å². The molecular weight excluding hydrogens is 257 g/mol. The highest BCUT2D eigenvalue weighted by molar-refractivity contribution is 5.34. The van der Waals surface area contributed by atoms with Gasteiger partial charge in [-0.25, -0.2) is 4.39 Å². The number of hydrogen-bond donors (Lipinski definition) is 1. The van der Waals surface area contributed by atoms with Crippen molar-refractivity contribution in [3.63, 3.8) is 0 Å². The summed E-state index contributed by atoms with van der Waals surface area (Å²) in [7, 11) is 1.75. The molecule has 1 aliphatic rings. The van der Waals surface area contributed by atoms with Gasteiger partial charge in [-0.05, 0) is 44.0 Å². The third kappa shape index (κ3) is 4.18. The van der Waals surface area contributed by atoms with Gasteiger partial charge in [-0.1, -0.05) is 6.92 Å². The van der Waals surface area contributed by atoms with Crippen LogP contribution in [0.15, 0.2) is 18.2 Å². The van der Waals surface area contributed by atoms with Crippen molar-refractivity contribution in [2.45, 2.75) is 51.4 Å². The summed E-state index contributed by atoms with van der Waals surface area (Å²) in [6, 6.07) is 4.74. The molecule has 2 atom stereocenters. The Morgan fingerprint density at radius 2 is 2.10 bits per heavy atom.